The van der Waals surface area contributed by atoms with Gasteiger partial charge in [0.05, 0.1) is 0 Å². The zero-order chi connectivity index (χ0) is 59.3. The number of carbonyl (C=O) groups is 4. The fourth-order valence-electron chi connectivity index (χ4n) is 12.2. The Balaban J connectivity index is 5.61. The minimum Gasteiger partial charge on any atom is -0.311 e. The van der Waals surface area contributed by atoms with E-state index in [1.54, 1.807) is 0 Å². The van der Waals surface area contributed by atoms with Gasteiger partial charge in [-0.15, -0.1) is 0 Å². The van der Waals surface area contributed by atoms with Crippen molar-refractivity contribution in [3.63, 3.8) is 0 Å². The molecule has 0 fully saturated rings. The van der Waals surface area contributed by atoms with Crippen LogP contribution in [0.3, 0.4) is 0 Å². The van der Waals surface area contributed by atoms with Crippen molar-refractivity contribution in [2.45, 2.75) is 450 Å². The van der Waals surface area contributed by atoms with E-state index < -0.39 is 34.6 Å². The maximum atomic E-state index is 14.4. The number of rotatable bonds is 70. The Hall–Kier alpha value is -1.44. The molecule has 0 unspecified atom stereocenters. The first kappa shape index (κ1) is 79.6. The van der Waals surface area contributed by atoms with Crippen molar-refractivity contribution in [1.29, 1.82) is 0 Å². The molecule has 81 heavy (non-hydrogen) atoms. The number of carbonyl (C=O) groups excluding carboxylic acids is 4. The van der Waals surface area contributed by atoms with Crippen LogP contribution in [0.4, 0.5) is 0 Å². The Kier molecular flexibility index (Phi) is 60.5. The maximum absolute atomic E-state index is 14.4. The van der Waals surface area contributed by atoms with Crippen LogP contribution in [0.2, 0.25) is 0 Å². The maximum Gasteiger partial charge on any atom is 0.238 e. The van der Waals surface area contributed by atoms with Crippen LogP contribution in [0.1, 0.15) is 439 Å². The van der Waals surface area contributed by atoms with E-state index in [-0.39, 0.29) is 25.7 Å². The fraction of sp³-hybridized carbons (Fsp3) is 0.946. The van der Waals surface area contributed by atoms with Gasteiger partial charge in [0.2, 0.25) is 11.4 Å². The minimum atomic E-state index is -2.43. The number of hydrogen-bond donors (Lipinski definition) is 2. The van der Waals surface area contributed by atoms with Gasteiger partial charge in [-0.2, -0.15) is 0 Å². The Labute approximate surface area is 506 Å². The summed E-state index contributed by atoms with van der Waals surface area (Å²) in [5.74, 6) is -2.18. The van der Waals surface area contributed by atoms with Gasteiger partial charge >= 0.3 is 0 Å². The van der Waals surface area contributed by atoms with Crippen molar-refractivity contribution in [2.24, 2.45) is 11.5 Å². The Morgan fingerprint density at radius 2 is 0.296 bits per heavy atom. The largest absolute Gasteiger partial charge is 0.311 e. The van der Waals surface area contributed by atoms with Crippen LogP contribution in [0, 0.1) is 0 Å². The van der Waals surface area contributed by atoms with Gasteiger partial charge in [-0.1, -0.05) is 387 Å². The molecule has 0 aromatic rings. The van der Waals surface area contributed by atoms with Crippen molar-refractivity contribution < 1.29 is 23.9 Å². The van der Waals surface area contributed by atoms with E-state index in [1.165, 1.54) is 283 Å². The third-order valence-corrected chi connectivity index (χ3v) is 18.0. The monoisotopic (exact) mass is 1140 g/mol. The third-order valence-electron chi connectivity index (χ3n) is 18.0. The Bertz CT molecular complexity index is 1170. The van der Waals surface area contributed by atoms with Crippen LogP contribution in [-0.2, 0) is 23.9 Å². The van der Waals surface area contributed by atoms with E-state index in [1.807, 2.05) is 0 Å². The standard InChI is InChI=1S/C74H144N2O5/c1-5-9-13-17-21-25-29-33-37-41-45-49-53-57-61-65-69(77)73(75,70(78)66-62-58-54-50-46-42-38-34-30-26-22-18-14-10-6-2)81-74(76,71(79)67-63-59-55-51-47-43-39-35-31-27-23-19-15-11-7-3)72(80)68-64-60-56-52-48-44-40-36-32-28-24-20-16-12-8-4/h5-68,75-76H2,1-4H3. The zero-order valence-electron chi connectivity index (χ0n) is 55.5. The van der Waals surface area contributed by atoms with Crippen LogP contribution >= 0.6 is 0 Å². The van der Waals surface area contributed by atoms with Crippen LogP contribution in [0.5, 0.6) is 0 Å². The predicted molar refractivity (Wildman–Crippen MR) is 353 cm³/mol. The molecule has 0 aliphatic carbocycles. The molecule has 0 atom stereocenters. The number of nitrogens with two attached hydrogens (primary N) is 2. The lowest BCUT2D eigenvalue weighted by atomic mass is 9.91. The lowest BCUT2D eigenvalue weighted by Crippen LogP contribution is -2.68. The summed E-state index contributed by atoms with van der Waals surface area (Å²) in [6.07, 6.45) is 72.9. The van der Waals surface area contributed by atoms with Crippen LogP contribution in [0.15, 0.2) is 0 Å². The number of ether oxygens (including phenoxy) is 1. The van der Waals surface area contributed by atoms with Crippen LogP contribution in [-0.4, -0.2) is 34.6 Å². The van der Waals surface area contributed by atoms with Gasteiger partial charge in [0, 0.05) is 25.7 Å². The molecule has 7 heteroatoms. The highest BCUT2D eigenvalue weighted by Gasteiger charge is 2.53. The van der Waals surface area contributed by atoms with Gasteiger partial charge in [0.1, 0.15) is 0 Å². The highest BCUT2D eigenvalue weighted by molar-refractivity contribution is 6.13. The molecule has 0 saturated heterocycles. The van der Waals surface area contributed by atoms with Crippen LogP contribution in [0.25, 0.3) is 0 Å². The molecule has 0 radical (unpaired) electrons. The molecule has 0 spiro atoms. The first-order valence-corrected chi connectivity index (χ1v) is 37.0. The number of hydrogen-bond acceptors (Lipinski definition) is 7. The van der Waals surface area contributed by atoms with Gasteiger partial charge in [-0.05, 0) is 25.7 Å². The van der Waals surface area contributed by atoms with E-state index in [0.717, 1.165) is 77.0 Å². The first-order chi connectivity index (χ1) is 39.6. The summed E-state index contributed by atoms with van der Waals surface area (Å²) in [7, 11) is 0. The third kappa shape index (κ3) is 49.4. The normalized spacial score (nSPS) is 12.0. The predicted octanol–water partition coefficient (Wildman–Crippen LogP) is 23.6. The molecule has 7 nitrogen and oxygen atoms in total. The van der Waals surface area contributed by atoms with Gasteiger partial charge < -0.3 is 4.74 Å². The zero-order valence-corrected chi connectivity index (χ0v) is 55.5. The molecule has 0 aromatic heterocycles. The van der Waals surface area contributed by atoms with Crippen molar-refractivity contribution in [3.8, 4) is 0 Å². The summed E-state index contributed by atoms with van der Waals surface area (Å²) in [5.41, 5.74) is 9.00. The average molecular weight is 1140 g/mol. The van der Waals surface area contributed by atoms with Crippen molar-refractivity contribution in [2.75, 3.05) is 0 Å². The second kappa shape index (κ2) is 61.6. The molecule has 4 N–H and O–H groups in total. The Morgan fingerprint density at radius 1 is 0.198 bits per heavy atom. The molecule has 0 bridgehead atoms. The Morgan fingerprint density at radius 3 is 0.407 bits per heavy atom. The summed E-state index contributed by atoms with van der Waals surface area (Å²) >= 11 is 0. The second-order valence-corrected chi connectivity index (χ2v) is 26.1. The topological polar surface area (TPSA) is 130 Å². The SMILES string of the molecule is CCCCCCCCCCCCCCCCCC(=O)C(N)(OC(N)(C(=O)CCCCCCCCCCCCCCCCC)C(=O)CCCCCCCCCCCCCCCCC)C(=O)CCCCCCCCCCCCCCCCC. The molecule has 0 heterocycles. The van der Waals surface area contributed by atoms with E-state index in [2.05, 4.69) is 27.7 Å². The highest BCUT2D eigenvalue weighted by atomic mass is 16.6. The number of ketones is 4. The summed E-state index contributed by atoms with van der Waals surface area (Å²) < 4.78 is 6.33. The molecule has 0 rings (SSSR count). The molecule has 0 saturated carbocycles. The van der Waals surface area contributed by atoms with E-state index in [9.17, 15) is 19.2 Å². The lowest BCUT2D eigenvalue weighted by molar-refractivity contribution is -0.188. The lowest BCUT2D eigenvalue weighted by Gasteiger charge is -2.36. The number of unbranched alkanes of at least 4 members (excludes halogenated alkanes) is 56. The van der Waals surface area contributed by atoms with E-state index in [0.29, 0.717) is 25.7 Å². The molecule has 480 valence electrons. The smallest absolute Gasteiger partial charge is 0.238 e. The van der Waals surface area contributed by atoms with Gasteiger partial charge in [0.25, 0.3) is 0 Å². The summed E-state index contributed by atoms with van der Waals surface area (Å²) in [4.78, 5) is 57.6. The molecule has 0 aromatic carbocycles. The average Bonchev–Trinajstić information content (AvgIpc) is 3.49. The van der Waals surface area contributed by atoms with E-state index in [4.69, 9.17) is 16.2 Å². The van der Waals surface area contributed by atoms with Crippen molar-refractivity contribution in [3.05, 3.63) is 0 Å². The second-order valence-electron chi connectivity index (χ2n) is 26.1. The first-order valence-electron chi connectivity index (χ1n) is 37.0. The number of Topliss-reactive ketones (excluding diaryl/α,β-unsaturated/α-hetero) is 4. The van der Waals surface area contributed by atoms with Gasteiger partial charge in [-0.25, -0.2) is 0 Å². The van der Waals surface area contributed by atoms with Crippen molar-refractivity contribution >= 4 is 23.1 Å². The fourth-order valence-corrected chi connectivity index (χ4v) is 12.2. The summed E-state index contributed by atoms with van der Waals surface area (Å²) in [6, 6.07) is 0. The van der Waals surface area contributed by atoms with Crippen LogP contribution < -0.4 is 11.5 Å². The highest BCUT2D eigenvalue weighted by Crippen LogP contribution is 2.28. The molecular formula is C74H144N2O5. The quantitative estimate of drug-likeness (QED) is 0.0352. The molecule has 0 aliphatic heterocycles. The summed E-state index contributed by atoms with van der Waals surface area (Å²) in [5, 5.41) is 0. The van der Waals surface area contributed by atoms with Gasteiger partial charge in [0.15, 0.2) is 23.1 Å². The summed E-state index contributed by atoms with van der Waals surface area (Å²) in [6.45, 7) is 9.09. The van der Waals surface area contributed by atoms with E-state index >= 15 is 0 Å². The minimum absolute atomic E-state index is 0.0654. The van der Waals surface area contributed by atoms with Gasteiger partial charge in [-0.3, -0.25) is 30.6 Å². The molecule has 0 amide bonds. The van der Waals surface area contributed by atoms with Crippen molar-refractivity contribution in [1.82, 2.24) is 0 Å². The molecular weight excluding hydrogens is 997 g/mol. The molecule has 0 aliphatic rings.